The Labute approximate surface area is 139 Å². The van der Waals surface area contributed by atoms with E-state index in [4.69, 9.17) is 5.11 Å². The molecule has 0 radical (unpaired) electrons. The van der Waals surface area contributed by atoms with Gasteiger partial charge < -0.3 is 15.7 Å². The monoisotopic (exact) mass is 332 g/mol. The van der Waals surface area contributed by atoms with Crippen molar-refractivity contribution in [2.45, 2.75) is 25.8 Å². The van der Waals surface area contributed by atoms with Crippen molar-refractivity contribution in [3.63, 3.8) is 0 Å². The van der Waals surface area contributed by atoms with E-state index in [1.807, 2.05) is 23.8 Å². The van der Waals surface area contributed by atoms with Gasteiger partial charge >= 0.3 is 0 Å². The number of hydrogen-bond donors (Lipinski definition) is 3. The van der Waals surface area contributed by atoms with Gasteiger partial charge in [0.15, 0.2) is 0 Å². The van der Waals surface area contributed by atoms with E-state index in [1.165, 1.54) is 0 Å². The first-order valence-corrected chi connectivity index (χ1v) is 8.39. The number of aliphatic hydroxyl groups is 1. The number of carbonyl (C=O) groups excluding carboxylic acids is 2. The summed E-state index contributed by atoms with van der Waals surface area (Å²) in [7, 11) is 0. The molecular formula is C17H20N2O3S. The van der Waals surface area contributed by atoms with E-state index in [-0.39, 0.29) is 24.5 Å². The molecule has 2 rings (SSSR count). The summed E-state index contributed by atoms with van der Waals surface area (Å²) in [5.74, 6) is -0.325. The average molecular weight is 332 g/mol. The highest BCUT2D eigenvalue weighted by Gasteiger charge is 2.11. The Morgan fingerprint density at radius 3 is 2.52 bits per heavy atom. The smallest absolute Gasteiger partial charge is 0.251 e. The standard InChI is InChI=1S/C17H20N2O3S/c1-2-14(10-20)19-17(22)13-3-5-15(6-4-13)18-16(21)9-12-7-8-23-11-12/h3-8,11,14,20H,2,9-10H2,1H3,(H,18,21)(H,19,22). The molecule has 1 heterocycles. The number of rotatable bonds is 7. The van der Waals surface area contributed by atoms with Crippen molar-refractivity contribution in [2.75, 3.05) is 11.9 Å². The molecule has 2 aromatic rings. The van der Waals surface area contributed by atoms with E-state index < -0.39 is 0 Å². The summed E-state index contributed by atoms with van der Waals surface area (Å²) < 4.78 is 0. The second-order valence-electron chi connectivity index (χ2n) is 5.20. The summed E-state index contributed by atoms with van der Waals surface area (Å²) in [5.41, 5.74) is 2.13. The topological polar surface area (TPSA) is 78.4 Å². The first-order valence-electron chi connectivity index (χ1n) is 7.45. The van der Waals surface area contributed by atoms with Crippen molar-refractivity contribution in [1.82, 2.24) is 5.32 Å². The fourth-order valence-corrected chi connectivity index (χ4v) is 2.70. The largest absolute Gasteiger partial charge is 0.394 e. The molecule has 0 aliphatic rings. The molecule has 0 aliphatic heterocycles. The van der Waals surface area contributed by atoms with Crippen LogP contribution < -0.4 is 10.6 Å². The Bertz CT molecular complexity index is 634. The predicted octanol–water partition coefficient (Wildman–Crippen LogP) is 2.43. The van der Waals surface area contributed by atoms with Gasteiger partial charge in [0.05, 0.1) is 19.1 Å². The molecule has 122 valence electrons. The molecule has 0 bridgehead atoms. The molecule has 1 unspecified atom stereocenters. The first-order chi connectivity index (χ1) is 11.1. The fourth-order valence-electron chi connectivity index (χ4n) is 2.03. The van der Waals surface area contributed by atoms with Gasteiger partial charge in [0.2, 0.25) is 5.91 Å². The molecule has 1 aromatic heterocycles. The van der Waals surface area contributed by atoms with Crippen molar-refractivity contribution in [1.29, 1.82) is 0 Å². The lowest BCUT2D eigenvalue weighted by Crippen LogP contribution is -2.36. The fraction of sp³-hybridized carbons (Fsp3) is 0.294. The molecular weight excluding hydrogens is 312 g/mol. The molecule has 0 spiro atoms. The molecule has 0 fully saturated rings. The lowest BCUT2D eigenvalue weighted by molar-refractivity contribution is -0.115. The Kier molecular flexibility index (Phi) is 6.31. The SMILES string of the molecule is CCC(CO)NC(=O)c1ccc(NC(=O)Cc2ccsc2)cc1. The zero-order chi connectivity index (χ0) is 16.7. The number of aliphatic hydroxyl groups excluding tert-OH is 1. The van der Waals surface area contributed by atoms with Gasteiger partial charge in [0.1, 0.15) is 0 Å². The lowest BCUT2D eigenvalue weighted by Gasteiger charge is -2.14. The number of hydrogen-bond acceptors (Lipinski definition) is 4. The second-order valence-corrected chi connectivity index (χ2v) is 5.98. The molecule has 6 heteroatoms. The van der Waals surface area contributed by atoms with Gasteiger partial charge in [-0.1, -0.05) is 6.92 Å². The molecule has 0 aliphatic carbocycles. The molecule has 3 N–H and O–H groups in total. The maximum absolute atomic E-state index is 12.0. The van der Waals surface area contributed by atoms with Crippen molar-refractivity contribution in [3.05, 3.63) is 52.2 Å². The van der Waals surface area contributed by atoms with Crippen molar-refractivity contribution < 1.29 is 14.7 Å². The number of amides is 2. The third kappa shape index (κ3) is 5.19. The number of thiophene rings is 1. The summed E-state index contributed by atoms with van der Waals surface area (Å²) in [6, 6.07) is 8.37. The first kappa shape index (κ1) is 17.2. The van der Waals surface area contributed by atoms with Crippen molar-refractivity contribution >= 4 is 28.8 Å². The number of nitrogens with one attached hydrogen (secondary N) is 2. The highest BCUT2D eigenvalue weighted by atomic mass is 32.1. The number of benzene rings is 1. The summed E-state index contributed by atoms with van der Waals surface area (Å²) >= 11 is 1.56. The molecule has 0 saturated carbocycles. The maximum atomic E-state index is 12.0. The molecule has 0 saturated heterocycles. The Hall–Kier alpha value is -2.18. The van der Waals surface area contributed by atoms with Crippen molar-refractivity contribution in [3.8, 4) is 0 Å². The van der Waals surface area contributed by atoms with Crippen molar-refractivity contribution in [2.24, 2.45) is 0 Å². The summed E-state index contributed by atoms with van der Waals surface area (Å²) in [5, 5.41) is 18.5. The quantitative estimate of drug-likeness (QED) is 0.729. The minimum Gasteiger partial charge on any atom is -0.394 e. The zero-order valence-electron chi connectivity index (χ0n) is 12.9. The summed E-state index contributed by atoms with van der Waals surface area (Å²) in [6.07, 6.45) is 0.999. The van der Waals surface area contributed by atoms with Gasteiger partial charge in [-0.3, -0.25) is 9.59 Å². The Morgan fingerprint density at radius 1 is 1.22 bits per heavy atom. The molecule has 2 amide bonds. The van der Waals surface area contributed by atoms with Crippen LogP contribution >= 0.6 is 11.3 Å². The van der Waals surface area contributed by atoms with Crippen LogP contribution in [0.1, 0.15) is 29.3 Å². The summed E-state index contributed by atoms with van der Waals surface area (Å²) in [4.78, 5) is 23.9. The minimum atomic E-state index is -0.243. The van der Waals surface area contributed by atoms with E-state index in [0.29, 0.717) is 24.1 Å². The van der Waals surface area contributed by atoms with Crippen LogP contribution in [-0.4, -0.2) is 29.6 Å². The van der Waals surface area contributed by atoms with Crippen LogP contribution in [0.25, 0.3) is 0 Å². The third-order valence-corrected chi connectivity index (χ3v) is 4.16. The average Bonchev–Trinajstić information content (AvgIpc) is 3.05. The van der Waals surface area contributed by atoms with Gasteiger partial charge in [0, 0.05) is 11.3 Å². The molecule has 1 atom stereocenters. The van der Waals surface area contributed by atoms with Gasteiger partial charge in [-0.2, -0.15) is 11.3 Å². The van der Waals surface area contributed by atoms with Crippen LogP contribution in [-0.2, 0) is 11.2 Å². The summed E-state index contributed by atoms with van der Waals surface area (Å²) in [6.45, 7) is 1.81. The van der Waals surface area contributed by atoms with Gasteiger partial charge in [0.25, 0.3) is 5.91 Å². The molecule has 1 aromatic carbocycles. The predicted molar refractivity (Wildman–Crippen MR) is 91.7 cm³/mol. The van der Waals surface area contributed by atoms with Crippen LogP contribution in [0.5, 0.6) is 0 Å². The molecule has 5 nitrogen and oxygen atoms in total. The Morgan fingerprint density at radius 2 is 1.96 bits per heavy atom. The highest BCUT2D eigenvalue weighted by molar-refractivity contribution is 7.08. The number of anilines is 1. The van der Waals surface area contributed by atoms with Gasteiger partial charge in [-0.05, 0) is 53.1 Å². The highest BCUT2D eigenvalue weighted by Crippen LogP contribution is 2.12. The van der Waals surface area contributed by atoms with E-state index in [2.05, 4.69) is 10.6 Å². The van der Waals surface area contributed by atoms with Gasteiger partial charge in [-0.25, -0.2) is 0 Å². The van der Waals surface area contributed by atoms with Crippen LogP contribution in [0, 0.1) is 0 Å². The minimum absolute atomic E-state index is 0.0844. The van der Waals surface area contributed by atoms with E-state index in [1.54, 1.807) is 35.6 Å². The van der Waals surface area contributed by atoms with Crippen LogP contribution in [0.4, 0.5) is 5.69 Å². The molecule has 23 heavy (non-hydrogen) atoms. The lowest BCUT2D eigenvalue weighted by atomic mass is 10.1. The normalized spacial score (nSPS) is 11.7. The maximum Gasteiger partial charge on any atom is 0.251 e. The van der Waals surface area contributed by atoms with Crippen LogP contribution in [0.15, 0.2) is 41.1 Å². The third-order valence-electron chi connectivity index (χ3n) is 3.42. The Balaban J connectivity index is 1.91. The second kappa shape index (κ2) is 8.45. The van der Waals surface area contributed by atoms with E-state index >= 15 is 0 Å². The number of carbonyl (C=O) groups is 2. The van der Waals surface area contributed by atoms with E-state index in [9.17, 15) is 9.59 Å². The van der Waals surface area contributed by atoms with Crippen LogP contribution in [0.2, 0.25) is 0 Å². The van der Waals surface area contributed by atoms with E-state index in [0.717, 1.165) is 5.56 Å². The van der Waals surface area contributed by atoms with Crippen LogP contribution in [0.3, 0.4) is 0 Å². The van der Waals surface area contributed by atoms with Gasteiger partial charge in [-0.15, -0.1) is 0 Å². The zero-order valence-corrected chi connectivity index (χ0v) is 13.7.